The molecule has 0 heterocycles. The molecule has 0 aliphatic carbocycles. The molecule has 5 aromatic carbocycles. The first kappa shape index (κ1) is 34.3. The van der Waals surface area contributed by atoms with E-state index in [1.165, 1.54) is 0 Å². The van der Waals surface area contributed by atoms with E-state index in [1.807, 2.05) is 37.3 Å². The molecule has 0 spiro atoms. The van der Waals surface area contributed by atoms with Crippen molar-refractivity contribution >= 4 is 45.3 Å². The summed E-state index contributed by atoms with van der Waals surface area (Å²) in [5, 5.41) is 5.45. The van der Waals surface area contributed by atoms with Gasteiger partial charge in [0.2, 0.25) is 0 Å². The molecule has 0 bridgehead atoms. The average Bonchev–Trinajstić information content (AvgIpc) is 3.08. The van der Waals surface area contributed by atoms with Crippen molar-refractivity contribution in [2.45, 2.75) is 45.1 Å². The summed E-state index contributed by atoms with van der Waals surface area (Å²) in [6.45, 7) is 5.24. The molecule has 246 valence electrons. The number of hydrogen-bond donors (Lipinski definition) is 1. The number of amides is 1. The smallest absolute Gasteiger partial charge is 0.274 e. The zero-order valence-corrected chi connectivity index (χ0v) is 27.9. The number of carbonyl (C=O) groups is 2. The normalized spacial score (nSPS) is 11.9. The van der Waals surface area contributed by atoms with Crippen molar-refractivity contribution in [1.82, 2.24) is 0 Å². The fraction of sp³-hybridized carbons (Fsp3) is 0.200. The number of fused-ring (bicyclic) bond motifs is 1. The zero-order valence-electron chi connectivity index (χ0n) is 27.2. The van der Waals surface area contributed by atoms with E-state index in [-0.39, 0.29) is 23.7 Å². The molecule has 48 heavy (non-hydrogen) atoms. The van der Waals surface area contributed by atoms with E-state index in [4.69, 9.17) is 21.1 Å². The highest BCUT2D eigenvalue weighted by Gasteiger charge is 2.30. The summed E-state index contributed by atoms with van der Waals surface area (Å²) in [6, 6.07) is 31.6. The number of hydrogen-bond acceptors (Lipinski definition) is 4. The third-order valence-corrected chi connectivity index (χ3v) is 8.56. The third kappa shape index (κ3) is 8.28. The van der Waals surface area contributed by atoms with E-state index in [0.29, 0.717) is 39.6 Å². The van der Waals surface area contributed by atoms with E-state index in [1.54, 1.807) is 93.8 Å². The lowest BCUT2D eigenvalue weighted by Crippen LogP contribution is -2.42. The average molecular weight is 668 g/mol. The predicted octanol–water partition coefficient (Wildman–Crippen LogP) is 10.7. The first-order valence-corrected chi connectivity index (χ1v) is 15.9. The summed E-state index contributed by atoms with van der Waals surface area (Å²) in [6.07, 6.45) is -1.08. The summed E-state index contributed by atoms with van der Waals surface area (Å²) in [4.78, 5) is 26.1. The molecule has 5 nitrogen and oxygen atoms in total. The van der Waals surface area contributed by atoms with E-state index in [0.717, 1.165) is 22.1 Å². The molecular formula is C40H36ClF2NO4. The van der Waals surface area contributed by atoms with Gasteiger partial charge in [0.25, 0.3) is 12.0 Å². The maximum atomic E-state index is 14.3. The molecule has 1 amide bonds. The van der Waals surface area contributed by atoms with Crippen LogP contribution < -0.4 is 14.8 Å². The van der Waals surface area contributed by atoms with Gasteiger partial charge in [0.15, 0.2) is 11.4 Å². The van der Waals surface area contributed by atoms with Crippen molar-refractivity contribution in [2.24, 2.45) is 0 Å². The quantitative estimate of drug-likeness (QED) is 0.134. The highest BCUT2D eigenvalue weighted by Crippen LogP contribution is 2.33. The van der Waals surface area contributed by atoms with Crippen LogP contribution in [-0.4, -0.2) is 24.4 Å². The first-order chi connectivity index (χ1) is 22.9. The van der Waals surface area contributed by atoms with Crippen molar-refractivity contribution in [3.05, 3.63) is 143 Å². The number of anilines is 1. The Hall–Kier alpha value is -5.01. The van der Waals surface area contributed by atoms with Gasteiger partial charge in [0.1, 0.15) is 11.5 Å². The lowest BCUT2D eigenvalue weighted by Gasteiger charge is -2.25. The minimum absolute atomic E-state index is 0.0382. The Morgan fingerprint density at radius 2 is 1.42 bits per heavy atom. The number of benzene rings is 5. The minimum Gasteiger partial charge on any atom is -0.497 e. The lowest BCUT2D eigenvalue weighted by molar-refractivity contribution is -0.128. The number of ketones is 1. The van der Waals surface area contributed by atoms with Crippen molar-refractivity contribution in [2.75, 3.05) is 12.4 Å². The van der Waals surface area contributed by atoms with E-state index >= 15 is 0 Å². The Balaban J connectivity index is 1.22. The Kier molecular flexibility index (Phi) is 10.6. The van der Waals surface area contributed by atoms with E-state index < -0.39 is 17.6 Å². The van der Waals surface area contributed by atoms with Crippen LogP contribution in [0.25, 0.3) is 16.3 Å². The molecule has 0 unspecified atom stereocenters. The molecule has 0 fully saturated rings. The van der Waals surface area contributed by atoms with Gasteiger partial charge in [0.05, 0.1) is 7.11 Å². The van der Waals surface area contributed by atoms with Gasteiger partial charge >= 0.3 is 0 Å². The molecule has 0 aromatic heterocycles. The number of ether oxygens (including phenoxy) is 2. The fourth-order valence-corrected chi connectivity index (χ4v) is 5.53. The Morgan fingerprint density at radius 3 is 2.08 bits per heavy atom. The molecule has 1 atom stereocenters. The molecule has 1 N–H and O–H groups in total. The van der Waals surface area contributed by atoms with Crippen molar-refractivity contribution in [1.29, 1.82) is 0 Å². The number of allylic oxidation sites excluding steroid dienone is 1. The molecule has 0 radical (unpaired) electrons. The van der Waals surface area contributed by atoms with Gasteiger partial charge < -0.3 is 14.8 Å². The first-order valence-electron chi connectivity index (χ1n) is 15.6. The van der Waals surface area contributed by atoms with Crippen molar-refractivity contribution < 1.29 is 27.8 Å². The third-order valence-electron chi connectivity index (χ3n) is 8.31. The van der Waals surface area contributed by atoms with Gasteiger partial charge in [-0.25, -0.2) is 0 Å². The minimum atomic E-state index is -1.75. The SMILES string of the molecule is COc1ccc2cc([C@H](C)CCC(=C(F)F)c3cccc(NC(=O)C(C)(C)Oc4ccc(C(=O)c5ccc(Cl)cc5)cc4)c3)ccc2c1. The number of carbonyl (C=O) groups excluding carboxylic acids is 2. The molecule has 5 rings (SSSR count). The molecule has 5 aromatic rings. The van der Waals surface area contributed by atoms with Crippen LogP contribution in [0, 0.1) is 0 Å². The Bertz CT molecular complexity index is 1970. The van der Waals surface area contributed by atoms with E-state index in [9.17, 15) is 18.4 Å². The lowest BCUT2D eigenvalue weighted by atomic mass is 9.91. The number of nitrogens with one attached hydrogen (secondary N) is 1. The summed E-state index contributed by atoms with van der Waals surface area (Å²) in [5.41, 5.74) is 1.36. The maximum Gasteiger partial charge on any atom is 0.274 e. The van der Waals surface area contributed by atoms with Crippen LogP contribution in [-0.2, 0) is 4.79 Å². The maximum absolute atomic E-state index is 14.3. The largest absolute Gasteiger partial charge is 0.497 e. The predicted molar refractivity (Wildman–Crippen MR) is 188 cm³/mol. The van der Waals surface area contributed by atoms with Gasteiger partial charge in [0, 0.05) is 27.4 Å². The Morgan fingerprint density at radius 1 is 0.792 bits per heavy atom. The van der Waals surface area contributed by atoms with Crippen molar-refractivity contribution in [3.8, 4) is 11.5 Å². The number of methoxy groups -OCH3 is 1. The second-order valence-electron chi connectivity index (χ2n) is 12.2. The van der Waals surface area contributed by atoms with Gasteiger partial charge in [-0.15, -0.1) is 0 Å². The molecule has 8 heteroatoms. The topological polar surface area (TPSA) is 64.6 Å². The highest BCUT2D eigenvalue weighted by molar-refractivity contribution is 6.30. The number of rotatable bonds is 12. The van der Waals surface area contributed by atoms with Crippen LogP contribution in [0.3, 0.4) is 0 Å². The standard InChI is InChI=1S/C40H36ClF2NO4/c1-25(28-9-10-30-24-35(47-4)20-15-29(30)22-28)8-21-36(38(42)43)31-6-5-7-33(23-31)44-39(46)40(2,3)48-34-18-13-27(14-19-34)37(45)26-11-16-32(41)17-12-26/h5-7,9-20,22-25H,8,21H2,1-4H3,(H,44,46)/t25-/m1/s1. The molecule has 0 aliphatic rings. The second-order valence-corrected chi connectivity index (χ2v) is 12.6. The Labute approximate surface area is 284 Å². The van der Waals surface area contributed by atoms with Gasteiger partial charge in [-0.3, -0.25) is 9.59 Å². The molecule has 0 saturated carbocycles. The zero-order chi connectivity index (χ0) is 34.4. The fourth-order valence-electron chi connectivity index (χ4n) is 5.40. The highest BCUT2D eigenvalue weighted by atomic mass is 35.5. The van der Waals surface area contributed by atoms with Crippen LogP contribution in [0.5, 0.6) is 11.5 Å². The second kappa shape index (κ2) is 14.8. The van der Waals surface area contributed by atoms with Gasteiger partial charge in [-0.1, -0.05) is 54.9 Å². The van der Waals surface area contributed by atoms with Gasteiger partial charge in [-0.2, -0.15) is 8.78 Å². The summed E-state index contributed by atoms with van der Waals surface area (Å²) in [7, 11) is 1.63. The van der Waals surface area contributed by atoms with E-state index in [2.05, 4.69) is 11.4 Å². The molecule has 0 saturated heterocycles. The van der Waals surface area contributed by atoms with Crippen LogP contribution in [0.15, 0.2) is 115 Å². The van der Waals surface area contributed by atoms with Crippen LogP contribution >= 0.6 is 11.6 Å². The van der Waals surface area contributed by atoms with Crippen LogP contribution in [0.4, 0.5) is 14.5 Å². The van der Waals surface area contributed by atoms with Gasteiger partial charge in [-0.05, 0) is 127 Å². The molecular weight excluding hydrogens is 632 g/mol. The number of halogens is 3. The summed E-state index contributed by atoms with van der Waals surface area (Å²) < 4.78 is 39.8. The monoisotopic (exact) mass is 667 g/mol. The van der Waals surface area contributed by atoms with Crippen LogP contribution in [0.1, 0.15) is 66.6 Å². The van der Waals surface area contributed by atoms with Crippen molar-refractivity contribution in [3.63, 3.8) is 0 Å². The summed E-state index contributed by atoms with van der Waals surface area (Å²) in [5.74, 6) is 0.575. The summed E-state index contributed by atoms with van der Waals surface area (Å²) >= 11 is 5.92. The molecule has 0 aliphatic heterocycles. The van der Waals surface area contributed by atoms with Crippen LogP contribution in [0.2, 0.25) is 5.02 Å².